The molecule has 0 fully saturated rings. The molecule has 1 unspecified atom stereocenters. The first kappa shape index (κ1) is 12.8. The van der Waals surface area contributed by atoms with Gasteiger partial charge < -0.3 is 10.5 Å². The SMILES string of the molecule is COCCC(N)C(C)C.Cl. The average molecular weight is 168 g/mol. The third kappa shape index (κ3) is 6.33. The van der Waals surface area contributed by atoms with Gasteiger partial charge in [-0.1, -0.05) is 13.8 Å². The van der Waals surface area contributed by atoms with Crippen LogP contribution in [0.1, 0.15) is 20.3 Å². The predicted octanol–water partition coefficient (Wildman–Crippen LogP) is 1.43. The van der Waals surface area contributed by atoms with Gasteiger partial charge in [0, 0.05) is 19.8 Å². The van der Waals surface area contributed by atoms with Crippen molar-refractivity contribution >= 4 is 12.4 Å². The highest BCUT2D eigenvalue weighted by Crippen LogP contribution is 2.01. The van der Waals surface area contributed by atoms with E-state index in [4.69, 9.17) is 10.5 Å². The summed E-state index contributed by atoms with van der Waals surface area (Å²) in [6.07, 6.45) is 0.966. The molecule has 64 valence electrons. The summed E-state index contributed by atoms with van der Waals surface area (Å²) in [5.41, 5.74) is 5.72. The minimum absolute atomic E-state index is 0. The number of ether oxygens (including phenoxy) is 1. The van der Waals surface area contributed by atoms with E-state index >= 15 is 0 Å². The fraction of sp³-hybridized carbons (Fsp3) is 1.00. The van der Waals surface area contributed by atoms with Gasteiger partial charge in [-0.2, -0.15) is 0 Å². The lowest BCUT2D eigenvalue weighted by atomic mass is 10.0. The zero-order valence-electron chi connectivity index (χ0n) is 6.96. The fourth-order valence-electron chi connectivity index (χ4n) is 0.587. The molecule has 0 aromatic carbocycles. The summed E-state index contributed by atoms with van der Waals surface area (Å²) in [5, 5.41) is 0. The van der Waals surface area contributed by atoms with Crippen LogP contribution in [0.25, 0.3) is 0 Å². The molecule has 2 N–H and O–H groups in total. The zero-order valence-corrected chi connectivity index (χ0v) is 7.78. The Hall–Kier alpha value is 0.210. The highest BCUT2D eigenvalue weighted by molar-refractivity contribution is 5.85. The number of nitrogens with two attached hydrogens (primary N) is 1. The zero-order chi connectivity index (χ0) is 7.28. The fourth-order valence-corrected chi connectivity index (χ4v) is 0.587. The monoisotopic (exact) mass is 167 g/mol. The van der Waals surface area contributed by atoms with E-state index in [1.165, 1.54) is 0 Å². The Morgan fingerprint density at radius 1 is 1.40 bits per heavy atom. The lowest BCUT2D eigenvalue weighted by molar-refractivity contribution is 0.181. The highest BCUT2D eigenvalue weighted by Gasteiger charge is 2.05. The first-order chi connectivity index (χ1) is 4.18. The van der Waals surface area contributed by atoms with E-state index in [1.807, 2.05) is 0 Å². The van der Waals surface area contributed by atoms with Gasteiger partial charge in [0.1, 0.15) is 0 Å². The summed E-state index contributed by atoms with van der Waals surface area (Å²) in [5.74, 6) is 0.570. The lowest BCUT2D eigenvalue weighted by Gasteiger charge is -2.13. The minimum Gasteiger partial charge on any atom is -0.385 e. The second-order valence-electron chi connectivity index (χ2n) is 2.69. The van der Waals surface area contributed by atoms with Gasteiger partial charge in [0.05, 0.1) is 0 Å². The molecule has 0 aromatic rings. The largest absolute Gasteiger partial charge is 0.385 e. The number of methoxy groups -OCH3 is 1. The van der Waals surface area contributed by atoms with E-state index in [2.05, 4.69) is 13.8 Å². The Morgan fingerprint density at radius 2 is 1.90 bits per heavy atom. The number of halogens is 1. The van der Waals surface area contributed by atoms with Crippen molar-refractivity contribution in [3.05, 3.63) is 0 Å². The van der Waals surface area contributed by atoms with Crippen molar-refractivity contribution in [1.82, 2.24) is 0 Å². The molecule has 10 heavy (non-hydrogen) atoms. The second-order valence-corrected chi connectivity index (χ2v) is 2.69. The van der Waals surface area contributed by atoms with Gasteiger partial charge in [-0.25, -0.2) is 0 Å². The van der Waals surface area contributed by atoms with Crippen LogP contribution in [0.15, 0.2) is 0 Å². The second kappa shape index (κ2) is 7.32. The third-order valence-electron chi connectivity index (χ3n) is 1.51. The predicted molar refractivity (Wildman–Crippen MR) is 46.6 cm³/mol. The van der Waals surface area contributed by atoms with Crippen molar-refractivity contribution in [2.45, 2.75) is 26.3 Å². The van der Waals surface area contributed by atoms with E-state index < -0.39 is 0 Å². The summed E-state index contributed by atoms with van der Waals surface area (Å²) in [4.78, 5) is 0. The van der Waals surface area contributed by atoms with Gasteiger partial charge in [-0.05, 0) is 12.3 Å². The molecule has 0 heterocycles. The Kier molecular flexibility index (Phi) is 9.40. The molecular formula is C7H18ClNO. The van der Waals surface area contributed by atoms with Crippen LogP contribution in [0.4, 0.5) is 0 Å². The van der Waals surface area contributed by atoms with Crippen molar-refractivity contribution in [2.75, 3.05) is 13.7 Å². The molecule has 0 rings (SSSR count). The maximum atomic E-state index is 5.72. The summed E-state index contributed by atoms with van der Waals surface area (Å²) >= 11 is 0. The van der Waals surface area contributed by atoms with Gasteiger partial charge in [0.25, 0.3) is 0 Å². The van der Waals surface area contributed by atoms with E-state index in [0.717, 1.165) is 13.0 Å². The van der Waals surface area contributed by atoms with Crippen LogP contribution in [-0.2, 0) is 4.74 Å². The van der Waals surface area contributed by atoms with Crippen LogP contribution < -0.4 is 5.73 Å². The Morgan fingerprint density at radius 3 is 2.20 bits per heavy atom. The molecule has 0 saturated carbocycles. The Bertz CT molecular complexity index is 68.6. The van der Waals surface area contributed by atoms with Crippen molar-refractivity contribution in [1.29, 1.82) is 0 Å². The highest BCUT2D eigenvalue weighted by atomic mass is 35.5. The average Bonchev–Trinajstić information content (AvgIpc) is 1.82. The first-order valence-electron chi connectivity index (χ1n) is 3.43. The molecule has 1 atom stereocenters. The molecule has 0 radical (unpaired) electrons. The first-order valence-corrected chi connectivity index (χ1v) is 3.43. The molecule has 0 saturated heterocycles. The molecule has 0 aliphatic carbocycles. The Labute approximate surface area is 69.5 Å². The maximum absolute atomic E-state index is 5.72. The molecule has 0 aromatic heterocycles. The lowest BCUT2D eigenvalue weighted by Crippen LogP contribution is -2.27. The van der Waals surface area contributed by atoms with E-state index in [0.29, 0.717) is 12.0 Å². The quantitative estimate of drug-likeness (QED) is 0.688. The summed E-state index contributed by atoms with van der Waals surface area (Å²) < 4.78 is 4.88. The van der Waals surface area contributed by atoms with E-state index in [9.17, 15) is 0 Å². The minimum atomic E-state index is 0. The topological polar surface area (TPSA) is 35.2 Å². The van der Waals surface area contributed by atoms with Crippen LogP contribution in [0, 0.1) is 5.92 Å². The van der Waals surface area contributed by atoms with Gasteiger partial charge in [-0.15, -0.1) is 12.4 Å². The van der Waals surface area contributed by atoms with Crippen molar-refractivity contribution in [2.24, 2.45) is 11.7 Å². The molecule has 3 heteroatoms. The maximum Gasteiger partial charge on any atom is 0.0477 e. The normalized spacial score (nSPS) is 12.9. The van der Waals surface area contributed by atoms with Gasteiger partial charge in [0.2, 0.25) is 0 Å². The number of rotatable bonds is 4. The van der Waals surface area contributed by atoms with Crippen molar-refractivity contribution < 1.29 is 4.74 Å². The van der Waals surface area contributed by atoms with E-state index in [-0.39, 0.29) is 12.4 Å². The van der Waals surface area contributed by atoms with Crippen LogP contribution >= 0.6 is 12.4 Å². The number of hydrogen-bond donors (Lipinski definition) is 1. The van der Waals surface area contributed by atoms with Gasteiger partial charge in [0.15, 0.2) is 0 Å². The molecule has 0 spiro atoms. The summed E-state index contributed by atoms with van der Waals surface area (Å²) in [6.45, 7) is 5.03. The molecule has 0 bridgehead atoms. The van der Waals surface area contributed by atoms with E-state index in [1.54, 1.807) is 7.11 Å². The molecular weight excluding hydrogens is 150 g/mol. The van der Waals surface area contributed by atoms with Gasteiger partial charge in [-0.3, -0.25) is 0 Å². The van der Waals surface area contributed by atoms with Crippen LogP contribution in [-0.4, -0.2) is 19.8 Å². The standard InChI is InChI=1S/C7H17NO.ClH/c1-6(2)7(8)4-5-9-3;/h6-7H,4-5,8H2,1-3H3;1H. The van der Waals surface area contributed by atoms with Crippen molar-refractivity contribution in [3.63, 3.8) is 0 Å². The number of hydrogen-bond acceptors (Lipinski definition) is 2. The van der Waals surface area contributed by atoms with Crippen LogP contribution in [0.2, 0.25) is 0 Å². The smallest absolute Gasteiger partial charge is 0.0477 e. The van der Waals surface area contributed by atoms with Gasteiger partial charge >= 0.3 is 0 Å². The molecule has 2 nitrogen and oxygen atoms in total. The Balaban J connectivity index is 0. The van der Waals surface area contributed by atoms with Crippen LogP contribution in [0.3, 0.4) is 0 Å². The third-order valence-corrected chi connectivity index (χ3v) is 1.51. The molecule has 0 aliphatic rings. The molecule has 0 aliphatic heterocycles. The van der Waals surface area contributed by atoms with Crippen molar-refractivity contribution in [3.8, 4) is 0 Å². The summed E-state index contributed by atoms with van der Waals surface area (Å²) in [6, 6.07) is 0.296. The molecule has 0 amide bonds. The van der Waals surface area contributed by atoms with Crippen LogP contribution in [0.5, 0.6) is 0 Å². The summed E-state index contributed by atoms with van der Waals surface area (Å²) in [7, 11) is 1.70.